The van der Waals surface area contributed by atoms with Gasteiger partial charge in [-0.05, 0) is 62.9 Å². The molecule has 0 saturated heterocycles. The Balaban J connectivity index is 1.22. The standard InChI is InChI=1S/C84H96O22P4/c1-3-5-16-54-77(85)91-65-76(102-78(86)55-17-6-4-2)66-101-110(90,100-64-75-52-34-15-35-53-75)103-81-79(92-56-67-36-18-7-19-37-67)82(104-107(87,94-58-69-40-22-9-23-41-69)95-59-70-42-24-10-25-43-70)84(106-109(89,98-62-73-48-30-13-31-49-73)99-63-74-50-32-14-33-51-74)83(80(81)93-57-68-38-20-8-21-39-68)105-108(88,96-60-71-44-26-11-27-45-71)97-61-72-46-28-12-29-47-72/h7-15,18-53,76,79-84H,3-6,16-17,54-66H2,1-2H3/t76-,79+,80+,81?,82-,83+,84?,110?/m1/s1. The summed E-state index contributed by atoms with van der Waals surface area (Å²) in [6.45, 7) is -0.994. The lowest BCUT2D eigenvalue weighted by Gasteiger charge is -2.50. The summed E-state index contributed by atoms with van der Waals surface area (Å²) in [5.41, 5.74) is 4.70. The number of phosphoric ester groups is 4. The summed E-state index contributed by atoms with van der Waals surface area (Å²) in [5, 5.41) is 0. The molecule has 0 aliphatic heterocycles. The van der Waals surface area contributed by atoms with E-state index in [4.69, 9.17) is 73.2 Å². The van der Waals surface area contributed by atoms with E-state index in [1.165, 1.54) is 0 Å². The Morgan fingerprint density at radius 3 is 0.745 bits per heavy atom. The van der Waals surface area contributed by atoms with E-state index in [1.807, 2.05) is 13.8 Å². The van der Waals surface area contributed by atoms with Crippen LogP contribution in [0.3, 0.4) is 0 Å². The molecule has 1 saturated carbocycles. The monoisotopic (exact) mass is 1580 g/mol. The van der Waals surface area contributed by atoms with Gasteiger partial charge >= 0.3 is 43.2 Å². The maximum absolute atomic E-state index is 16.9. The molecule has 1 aliphatic rings. The molecule has 0 bridgehead atoms. The molecule has 1 aliphatic carbocycles. The maximum Gasteiger partial charge on any atom is 0.475 e. The van der Waals surface area contributed by atoms with Gasteiger partial charge in [-0.1, -0.05) is 313 Å². The molecule has 22 nitrogen and oxygen atoms in total. The smallest absolute Gasteiger partial charge is 0.462 e. The Kier molecular flexibility index (Phi) is 34.7. The molecule has 110 heavy (non-hydrogen) atoms. The fourth-order valence-electron chi connectivity index (χ4n) is 11.4. The van der Waals surface area contributed by atoms with Gasteiger partial charge in [-0.3, -0.25) is 63.9 Å². The first kappa shape index (κ1) is 84.7. The number of hydrogen-bond donors (Lipinski definition) is 0. The number of phosphoric acid groups is 4. The lowest BCUT2D eigenvalue weighted by Crippen LogP contribution is -2.67. The second-order valence-corrected chi connectivity index (χ2v) is 32.4. The van der Waals surface area contributed by atoms with Gasteiger partial charge in [-0.2, -0.15) is 0 Å². The van der Waals surface area contributed by atoms with Crippen LogP contribution in [0.2, 0.25) is 0 Å². The molecule has 0 spiro atoms. The van der Waals surface area contributed by atoms with Crippen molar-refractivity contribution in [1.29, 1.82) is 0 Å². The van der Waals surface area contributed by atoms with Gasteiger partial charge in [0.25, 0.3) is 0 Å². The largest absolute Gasteiger partial charge is 0.475 e. The number of unbranched alkanes of at least 4 members (excludes halogenated alkanes) is 4. The highest BCUT2D eigenvalue weighted by Gasteiger charge is 2.62. The van der Waals surface area contributed by atoms with E-state index >= 15 is 18.3 Å². The molecule has 1 fully saturated rings. The van der Waals surface area contributed by atoms with Crippen LogP contribution in [0, 0.1) is 0 Å². The second kappa shape index (κ2) is 45.1. The minimum absolute atomic E-state index is 0.00804. The van der Waals surface area contributed by atoms with Crippen molar-refractivity contribution in [3.8, 4) is 0 Å². The molecule has 0 heterocycles. The first-order valence-electron chi connectivity index (χ1n) is 36.9. The summed E-state index contributed by atoms with van der Waals surface area (Å²) in [6.07, 6.45) is -9.85. The molecule has 9 aromatic rings. The molecule has 9 aromatic carbocycles. The zero-order valence-corrected chi connectivity index (χ0v) is 65.3. The van der Waals surface area contributed by atoms with Crippen LogP contribution in [0.1, 0.15) is 115 Å². The topological polar surface area (TPSA) is 250 Å². The van der Waals surface area contributed by atoms with Crippen LogP contribution in [-0.4, -0.2) is 67.9 Å². The van der Waals surface area contributed by atoms with Gasteiger partial charge in [0.2, 0.25) is 0 Å². The first-order valence-corrected chi connectivity index (χ1v) is 42.7. The van der Waals surface area contributed by atoms with Crippen LogP contribution >= 0.6 is 31.3 Å². The van der Waals surface area contributed by atoms with Crippen molar-refractivity contribution in [1.82, 2.24) is 0 Å². The van der Waals surface area contributed by atoms with Gasteiger partial charge in [0, 0.05) is 12.8 Å². The van der Waals surface area contributed by atoms with Crippen molar-refractivity contribution in [2.75, 3.05) is 13.2 Å². The summed E-state index contributed by atoms with van der Waals surface area (Å²) in [5.74, 6) is -1.23. The molecular formula is C84H96O22P4. The Labute approximate surface area is 644 Å². The van der Waals surface area contributed by atoms with Crippen LogP contribution in [0.15, 0.2) is 273 Å². The number of hydrogen-bond acceptors (Lipinski definition) is 22. The Morgan fingerprint density at radius 1 is 0.273 bits per heavy atom. The van der Waals surface area contributed by atoms with Crippen molar-refractivity contribution in [3.05, 3.63) is 323 Å². The van der Waals surface area contributed by atoms with E-state index in [1.54, 1.807) is 273 Å². The summed E-state index contributed by atoms with van der Waals surface area (Å²) >= 11 is 0. The van der Waals surface area contributed by atoms with Gasteiger partial charge in [0.15, 0.2) is 6.10 Å². The summed E-state index contributed by atoms with van der Waals surface area (Å²) in [6, 6.07) is 79.1. The third-order valence-electron chi connectivity index (χ3n) is 17.3. The van der Waals surface area contributed by atoms with E-state index < -0.39 is 145 Å². The summed E-state index contributed by atoms with van der Waals surface area (Å²) < 4.78 is 174. The number of carbonyl (C=O) groups is 2. The fourth-order valence-corrected chi connectivity index (χ4v) is 16.9. The minimum Gasteiger partial charge on any atom is -0.462 e. The van der Waals surface area contributed by atoms with E-state index in [0.29, 0.717) is 69.3 Å². The van der Waals surface area contributed by atoms with Crippen LogP contribution in [0.4, 0.5) is 0 Å². The molecule has 0 aromatic heterocycles. The number of carbonyl (C=O) groups excluding carboxylic acids is 2. The van der Waals surface area contributed by atoms with E-state index in [-0.39, 0.29) is 26.1 Å². The van der Waals surface area contributed by atoms with Crippen LogP contribution < -0.4 is 0 Å². The van der Waals surface area contributed by atoms with Crippen LogP contribution in [-0.2, 0) is 161 Å². The molecular weight excluding hydrogens is 1480 g/mol. The average molecular weight is 1580 g/mol. The maximum atomic E-state index is 16.9. The van der Waals surface area contributed by atoms with Crippen molar-refractivity contribution in [2.24, 2.45) is 0 Å². The quantitative estimate of drug-likeness (QED) is 0.0195. The number of esters is 2. The van der Waals surface area contributed by atoms with Crippen LogP contribution in [0.25, 0.3) is 0 Å². The third-order valence-corrected chi connectivity index (χ3v) is 22.8. The second-order valence-electron chi connectivity index (χ2n) is 25.9. The van der Waals surface area contributed by atoms with Gasteiger partial charge < -0.3 is 18.9 Å². The average Bonchev–Trinajstić information content (AvgIpc) is 0.740. The molecule has 0 amide bonds. The van der Waals surface area contributed by atoms with Gasteiger partial charge in [0.05, 0.1) is 66.1 Å². The Hall–Kier alpha value is -7.72. The molecule has 26 heteroatoms. The van der Waals surface area contributed by atoms with Crippen molar-refractivity contribution in [3.63, 3.8) is 0 Å². The molecule has 10 rings (SSSR count). The van der Waals surface area contributed by atoms with Gasteiger partial charge in [-0.15, -0.1) is 0 Å². The lowest BCUT2D eigenvalue weighted by atomic mass is 9.84. The summed E-state index contributed by atoms with van der Waals surface area (Å²) in [4.78, 5) is 27.2. The molecule has 3 unspecified atom stereocenters. The fraction of sp³-hybridized carbons (Fsp3) is 0.333. The molecule has 584 valence electrons. The van der Waals surface area contributed by atoms with Gasteiger partial charge in [-0.25, -0.2) is 18.3 Å². The van der Waals surface area contributed by atoms with Crippen LogP contribution in [0.5, 0.6) is 0 Å². The van der Waals surface area contributed by atoms with Crippen molar-refractivity contribution < 1.29 is 101 Å². The minimum atomic E-state index is -5.44. The highest BCUT2D eigenvalue weighted by molar-refractivity contribution is 7.49. The van der Waals surface area contributed by atoms with E-state index in [2.05, 4.69) is 0 Å². The number of rotatable bonds is 49. The molecule has 0 radical (unpaired) electrons. The predicted octanol–water partition coefficient (Wildman–Crippen LogP) is 20.3. The normalized spacial score (nSPS) is 17.5. The molecule has 8 atom stereocenters. The summed E-state index contributed by atoms with van der Waals surface area (Å²) in [7, 11) is -21.3. The zero-order chi connectivity index (χ0) is 77.0. The Morgan fingerprint density at radius 2 is 0.491 bits per heavy atom. The third kappa shape index (κ3) is 28.8. The lowest BCUT2D eigenvalue weighted by molar-refractivity contribution is -0.241. The predicted molar refractivity (Wildman–Crippen MR) is 414 cm³/mol. The molecule has 0 N–H and O–H groups in total. The van der Waals surface area contributed by atoms with E-state index in [0.717, 1.165) is 19.3 Å². The Bertz CT molecular complexity index is 4000. The number of ether oxygens (including phenoxy) is 4. The van der Waals surface area contributed by atoms with Crippen molar-refractivity contribution in [2.45, 2.75) is 167 Å². The SMILES string of the molecule is CCCCCC(=O)OC[C@H](COP(=O)(OCc1ccccc1)OC1[C@H](OCc2ccccc2)[C@H](OP(=O)(OCc2ccccc2)OCc2ccccc2)C(OP(=O)(OCc2ccccc2)OCc2ccccc2)[C@H](OP(=O)(OCc2ccccc2)OCc2ccccc2)[C@H]1OCc1ccccc1)OC(=O)CCCCC. The zero-order valence-electron chi connectivity index (χ0n) is 61.7. The van der Waals surface area contributed by atoms with E-state index in [9.17, 15) is 9.59 Å². The first-order chi connectivity index (χ1) is 53.6. The van der Waals surface area contributed by atoms with Gasteiger partial charge in [0.1, 0.15) is 43.2 Å². The highest BCUT2D eigenvalue weighted by Crippen LogP contribution is 2.63. The highest BCUT2D eigenvalue weighted by atomic mass is 31.2. The van der Waals surface area contributed by atoms with Crippen molar-refractivity contribution >= 4 is 43.2 Å². The number of benzene rings is 9.